The predicted molar refractivity (Wildman–Crippen MR) is 101 cm³/mol. The minimum atomic E-state index is -4.34. The number of halogens is 3. The van der Waals surface area contributed by atoms with Gasteiger partial charge in [-0.1, -0.05) is 18.2 Å². The van der Waals surface area contributed by atoms with Gasteiger partial charge in [-0.05, 0) is 18.6 Å². The molecule has 8 heteroatoms. The van der Waals surface area contributed by atoms with Gasteiger partial charge >= 0.3 is 6.18 Å². The smallest absolute Gasteiger partial charge is 0.394 e. The number of anilines is 1. The second-order valence-corrected chi connectivity index (χ2v) is 7.09. The van der Waals surface area contributed by atoms with E-state index in [-0.39, 0.29) is 16.9 Å². The molecule has 4 heterocycles. The highest BCUT2D eigenvalue weighted by molar-refractivity contribution is 5.83. The molecule has 1 aliphatic heterocycles. The van der Waals surface area contributed by atoms with Gasteiger partial charge in [-0.3, -0.25) is 0 Å². The largest absolute Gasteiger partial charge is 0.459 e. The summed E-state index contributed by atoms with van der Waals surface area (Å²) >= 11 is 0. The molecule has 0 saturated heterocycles. The number of hydrogen-bond acceptors (Lipinski definition) is 4. The Labute approximate surface area is 163 Å². The minimum Gasteiger partial charge on any atom is -0.459 e. The summed E-state index contributed by atoms with van der Waals surface area (Å²) in [5, 5.41) is 10.8. The third kappa shape index (κ3) is 2.90. The van der Waals surface area contributed by atoms with Crippen molar-refractivity contribution in [2.45, 2.75) is 25.6 Å². The van der Waals surface area contributed by atoms with Gasteiger partial charge in [0, 0.05) is 29.9 Å². The number of pyridine rings is 1. The lowest BCUT2D eigenvalue weighted by molar-refractivity contribution is -0.127. The molecule has 0 bridgehead atoms. The minimum absolute atomic E-state index is 0.00812. The third-order valence-electron chi connectivity index (χ3n) is 5.32. The number of nitriles is 1. The van der Waals surface area contributed by atoms with E-state index in [2.05, 4.69) is 11.1 Å². The average molecular weight is 396 g/mol. The summed E-state index contributed by atoms with van der Waals surface area (Å²) in [6.07, 6.45) is -1.94. The van der Waals surface area contributed by atoms with Gasteiger partial charge in [0.1, 0.15) is 23.0 Å². The first-order chi connectivity index (χ1) is 13.9. The number of hydrogen-bond donors (Lipinski definition) is 0. The highest BCUT2D eigenvalue weighted by Crippen LogP contribution is 2.34. The van der Waals surface area contributed by atoms with Gasteiger partial charge in [-0.2, -0.15) is 18.4 Å². The molecule has 0 amide bonds. The molecule has 0 atom stereocenters. The highest BCUT2D eigenvalue weighted by atomic mass is 19.4. The molecule has 5 nitrogen and oxygen atoms in total. The normalized spacial score (nSPS) is 14.3. The van der Waals surface area contributed by atoms with Gasteiger partial charge in [0.15, 0.2) is 5.65 Å². The van der Waals surface area contributed by atoms with E-state index in [1.165, 1.54) is 16.2 Å². The van der Waals surface area contributed by atoms with Crippen LogP contribution in [-0.2, 0) is 19.4 Å². The zero-order valence-electron chi connectivity index (χ0n) is 15.2. The Morgan fingerprint density at radius 3 is 2.83 bits per heavy atom. The number of para-hydroxylation sites is 1. The summed E-state index contributed by atoms with van der Waals surface area (Å²) in [7, 11) is 0. The Hall–Kier alpha value is -3.47. The summed E-state index contributed by atoms with van der Waals surface area (Å²) in [6, 6.07) is 11.7. The van der Waals surface area contributed by atoms with Crippen LogP contribution in [0.25, 0.3) is 16.6 Å². The molecule has 3 aromatic heterocycles. The molecule has 5 rings (SSSR count). The van der Waals surface area contributed by atoms with Crippen LogP contribution in [0.4, 0.5) is 18.9 Å². The Morgan fingerprint density at radius 2 is 2.03 bits per heavy atom. The fourth-order valence-corrected chi connectivity index (χ4v) is 4.05. The number of rotatable bonds is 2. The summed E-state index contributed by atoms with van der Waals surface area (Å²) in [5.74, 6) is 0.849. The summed E-state index contributed by atoms with van der Waals surface area (Å²) in [6.45, 7) is 1.17. The number of nitrogens with zero attached hydrogens (tertiary/aromatic N) is 4. The van der Waals surface area contributed by atoms with Crippen molar-refractivity contribution >= 4 is 22.3 Å². The Bertz CT molecular complexity index is 1280. The topological polar surface area (TPSA) is 57.5 Å². The quantitative estimate of drug-likeness (QED) is 0.496. The molecule has 29 heavy (non-hydrogen) atoms. The Kier molecular flexibility index (Phi) is 3.81. The first-order valence-electron chi connectivity index (χ1n) is 9.14. The Balaban J connectivity index is 1.54. The second-order valence-electron chi connectivity index (χ2n) is 7.09. The van der Waals surface area contributed by atoms with Crippen molar-refractivity contribution in [3.63, 3.8) is 0 Å². The van der Waals surface area contributed by atoms with E-state index in [1.54, 1.807) is 12.3 Å². The van der Waals surface area contributed by atoms with Crippen LogP contribution in [0, 0.1) is 11.3 Å². The molecule has 1 aliphatic rings. The van der Waals surface area contributed by atoms with Gasteiger partial charge < -0.3 is 13.7 Å². The molecule has 4 aromatic rings. The molecule has 0 aliphatic carbocycles. The summed E-state index contributed by atoms with van der Waals surface area (Å²) in [5.41, 5.74) is 3.16. The molecule has 1 aromatic carbocycles. The fraction of sp³-hybridized carbons (Fsp3) is 0.238. The monoisotopic (exact) mass is 396 g/mol. The van der Waals surface area contributed by atoms with Crippen molar-refractivity contribution in [2.24, 2.45) is 0 Å². The van der Waals surface area contributed by atoms with Crippen LogP contribution in [0.1, 0.15) is 22.6 Å². The van der Waals surface area contributed by atoms with Gasteiger partial charge in [0.25, 0.3) is 0 Å². The molecule has 0 saturated carbocycles. The zero-order valence-corrected chi connectivity index (χ0v) is 15.2. The van der Waals surface area contributed by atoms with Crippen LogP contribution >= 0.6 is 0 Å². The second kappa shape index (κ2) is 6.27. The molecule has 0 radical (unpaired) electrons. The van der Waals surface area contributed by atoms with E-state index < -0.39 is 12.6 Å². The molecular weight excluding hydrogens is 381 g/mol. The van der Waals surface area contributed by atoms with Crippen LogP contribution in [-0.4, -0.2) is 22.1 Å². The van der Waals surface area contributed by atoms with Crippen molar-refractivity contribution in [3.8, 4) is 6.07 Å². The van der Waals surface area contributed by atoms with E-state index >= 15 is 0 Å². The van der Waals surface area contributed by atoms with E-state index in [0.29, 0.717) is 18.8 Å². The van der Waals surface area contributed by atoms with Crippen LogP contribution in [0.2, 0.25) is 0 Å². The van der Waals surface area contributed by atoms with E-state index in [1.807, 2.05) is 29.2 Å². The fourth-order valence-electron chi connectivity index (χ4n) is 4.05. The van der Waals surface area contributed by atoms with Crippen LogP contribution in [0.3, 0.4) is 0 Å². The number of alkyl halides is 3. The van der Waals surface area contributed by atoms with E-state index in [9.17, 15) is 18.4 Å². The van der Waals surface area contributed by atoms with Crippen molar-refractivity contribution in [3.05, 3.63) is 65.3 Å². The lowest BCUT2D eigenvalue weighted by Crippen LogP contribution is -2.30. The van der Waals surface area contributed by atoms with Crippen LogP contribution in [0.5, 0.6) is 0 Å². The van der Waals surface area contributed by atoms with Gasteiger partial charge in [-0.15, -0.1) is 0 Å². The zero-order chi connectivity index (χ0) is 20.2. The van der Waals surface area contributed by atoms with Gasteiger partial charge in [0.05, 0.1) is 24.3 Å². The number of furan rings is 1. The maximum absolute atomic E-state index is 12.8. The first-order valence-corrected chi connectivity index (χ1v) is 9.14. The molecule has 0 unspecified atom stereocenters. The highest BCUT2D eigenvalue weighted by Gasteiger charge is 2.30. The molecule has 146 valence electrons. The number of fused-ring (bicyclic) bond motifs is 4. The lowest BCUT2D eigenvalue weighted by atomic mass is 10.0. The molecular formula is C21H15F3N4O. The van der Waals surface area contributed by atoms with Crippen LogP contribution < -0.4 is 4.90 Å². The van der Waals surface area contributed by atoms with Gasteiger partial charge in [0.2, 0.25) is 0 Å². The molecule has 0 N–H and O–H groups in total. The van der Waals surface area contributed by atoms with Crippen LogP contribution in [0.15, 0.2) is 47.1 Å². The Morgan fingerprint density at radius 1 is 1.21 bits per heavy atom. The number of aromatic nitrogens is 2. The predicted octanol–water partition coefficient (Wildman–Crippen LogP) is 4.62. The maximum atomic E-state index is 12.8. The number of benzene rings is 1. The summed E-state index contributed by atoms with van der Waals surface area (Å²) < 4.78 is 45.7. The SMILES string of the molecule is N#Cc1c(N2CCc3c(oc4ccccc34)C2)ccn2c(CC(F)(F)F)cnc12. The van der Waals surface area contributed by atoms with Gasteiger partial charge in [-0.25, -0.2) is 4.98 Å². The van der Waals surface area contributed by atoms with Crippen molar-refractivity contribution < 1.29 is 17.6 Å². The average Bonchev–Trinajstić information content (AvgIpc) is 3.26. The number of imidazole rings is 1. The van der Waals surface area contributed by atoms with Crippen molar-refractivity contribution in [1.29, 1.82) is 5.26 Å². The van der Waals surface area contributed by atoms with E-state index in [4.69, 9.17) is 4.42 Å². The standard InChI is InChI=1S/C21H15F3N4O/c22-21(23,24)9-13-11-26-20-16(10-25)17(6-8-28(13)20)27-7-5-15-14-3-1-2-4-18(14)29-19(15)12-27/h1-4,6,8,11H,5,7,9,12H2. The molecule has 0 fully saturated rings. The van der Waals surface area contributed by atoms with Crippen molar-refractivity contribution in [2.75, 3.05) is 11.4 Å². The lowest BCUT2D eigenvalue weighted by Gasteiger charge is -2.29. The maximum Gasteiger partial charge on any atom is 0.394 e. The third-order valence-corrected chi connectivity index (χ3v) is 5.32. The first kappa shape index (κ1) is 17.6. The van der Waals surface area contributed by atoms with E-state index in [0.717, 1.165) is 23.2 Å². The van der Waals surface area contributed by atoms with Crippen molar-refractivity contribution in [1.82, 2.24) is 9.38 Å². The summed E-state index contributed by atoms with van der Waals surface area (Å²) in [4.78, 5) is 6.11. The molecule has 0 spiro atoms.